The van der Waals surface area contributed by atoms with Crippen LogP contribution in [0, 0.1) is 12.3 Å². The predicted molar refractivity (Wildman–Crippen MR) is 93.7 cm³/mol. The summed E-state index contributed by atoms with van der Waals surface area (Å²) in [4.78, 5) is 2.04. The molecule has 23 heavy (non-hydrogen) atoms. The number of hydrogen-bond acceptors (Lipinski definition) is 3. The maximum absolute atomic E-state index is 6.05. The number of rotatable bonds is 8. The molecule has 0 aliphatic heterocycles. The summed E-state index contributed by atoms with van der Waals surface area (Å²) in [5, 5.41) is 0. The van der Waals surface area contributed by atoms with E-state index in [-0.39, 0.29) is 6.23 Å². The van der Waals surface area contributed by atoms with Gasteiger partial charge in [0.2, 0.25) is 0 Å². The second-order valence-electron chi connectivity index (χ2n) is 5.37. The van der Waals surface area contributed by atoms with Crippen molar-refractivity contribution in [3.8, 4) is 29.6 Å². The van der Waals surface area contributed by atoms with E-state index in [2.05, 4.69) is 12.8 Å². The van der Waals surface area contributed by atoms with Gasteiger partial charge >= 0.3 is 0 Å². The minimum absolute atomic E-state index is 0.0167. The standard InChI is InChI=1S/C20H23NO2/c1-4-9-20(21(3)16-5-2)23-19-14-12-18(13-15-19)22-17-10-7-6-8-11-17/h2,6-8,10-15,20H,4,9,16H2,1,3H3. The molecule has 2 aromatic carbocycles. The molecule has 0 aliphatic rings. The molecule has 0 aliphatic carbocycles. The van der Waals surface area contributed by atoms with Gasteiger partial charge < -0.3 is 9.47 Å². The summed E-state index contributed by atoms with van der Waals surface area (Å²) in [6.45, 7) is 2.71. The lowest BCUT2D eigenvalue weighted by Gasteiger charge is -2.27. The molecule has 2 rings (SSSR count). The van der Waals surface area contributed by atoms with Crippen LogP contribution in [-0.4, -0.2) is 24.7 Å². The van der Waals surface area contributed by atoms with Crippen LogP contribution in [0.25, 0.3) is 0 Å². The Hall–Kier alpha value is -2.44. The van der Waals surface area contributed by atoms with Crippen LogP contribution in [0.2, 0.25) is 0 Å². The smallest absolute Gasteiger partial charge is 0.153 e. The van der Waals surface area contributed by atoms with Crippen molar-refractivity contribution in [2.45, 2.75) is 26.0 Å². The van der Waals surface area contributed by atoms with Crippen molar-refractivity contribution in [3.05, 3.63) is 54.6 Å². The first kappa shape index (κ1) is 16.9. The van der Waals surface area contributed by atoms with E-state index in [1.165, 1.54) is 0 Å². The number of hydrogen-bond donors (Lipinski definition) is 0. The zero-order valence-electron chi connectivity index (χ0n) is 13.7. The van der Waals surface area contributed by atoms with Crippen molar-refractivity contribution in [3.63, 3.8) is 0 Å². The van der Waals surface area contributed by atoms with E-state index >= 15 is 0 Å². The maximum Gasteiger partial charge on any atom is 0.153 e. The average molecular weight is 309 g/mol. The van der Waals surface area contributed by atoms with Crippen LogP contribution in [0.15, 0.2) is 54.6 Å². The molecule has 120 valence electrons. The fraction of sp³-hybridized carbons (Fsp3) is 0.300. The summed E-state index contributed by atoms with van der Waals surface area (Å²) >= 11 is 0. The molecule has 0 bridgehead atoms. The largest absolute Gasteiger partial charge is 0.475 e. The van der Waals surface area contributed by atoms with Gasteiger partial charge in [-0.15, -0.1) is 6.42 Å². The van der Waals surface area contributed by atoms with Gasteiger partial charge in [-0.25, -0.2) is 0 Å². The van der Waals surface area contributed by atoms with Crippen LogP contribution in [-0.2, 0) is 0 Å². The number of para-hydroxylation sites is 1. The molecule has 0 radical (unpaired) electrons. The van der Waals surface area contributed by atoms with Crippen molar-refractivity contribution >= 4 is 0 Å². The Bertz CT molecular complexity index is 616. The fourth-order valence-corrected chi connectivity index (χ4v) is 2.23. The lowest BCUT2D eigenvalue weighted by atomic mass is 10.2. The molecular formula is C20H23NO2. The normalized spacial score (nSPS) is 11.7. The molecule has 0 saturated carbocycles. The third-order valence-electron chi connectivity index (χ3n) is 3.44. The Morgan fingerprint density at radius 3 is 2.22 bits per heavy atom. The second-order valence-corrected chi connectivity index (χ2v) is 5.37. The quantitative estimate of drug-likeness (QED) is 0.527. The summed E-state index contributed by atoms with van der Waals surface area (Å²) in [5.41, 5.74) is 0. The summed E-state index contributed by atoms with van der Waals surface area (Å²) in [5.74, 6) is 5.07. The van der Waals surface area contributed by atoms with Crippen molar-refractivity contribution in [2.75, 3.05) is 13.6 Å². The van der Waals surface area contributed by atoms with Gasteiger partial charge in [0.1, 0.15) is 17.2 Å². The van der Waals surface area contributed by atoms with Crippen LogP contribution in [0.4, 0.5) is 0 Å². The third kappa shape index (κ3) is 5.36. The van der Waals surface area contributed by atoms with E-state index in [0.29, 0.717) is 6.54 Å². The Kier molecular flexibility index (Phi) is 6.53. The summed E-state index contributed by atoms with van der Waals surface area (Å²) in [6.07, 6.45) is 7.34. The van der Waals surface area contributed by atoms with Gasteiger partial charge in [-0.05, 0) is 49.9 Å². The zero-order chi connectivity index (χ0) is 16.5. The van der Waals surface area contributed by atoms with Crippen LogP contribution in [0.3, 0.4) is 0 Å². The van der Waals surface area contributed by atoms with Gasteiger partial charge in [0, 0.05) is 0 Å². The highest BCUT2D eigenvalue weighted by molar-refractivity contribution is 5.35. The SMILES string of the molecule is C#CCN(C)C(CCC)Oc1ccc(Oc2ccccc2)cc1. The van der Waals surface area contributed by atoms with Crippen molar-refractivity contribution in [1.82, 2.24) is 4.90 Å². The van der Waals surface area contributed by atoms with Crippen LogP contribution in [0.1, 0.15) is 19.8 Å². The Balaban J connectivity index is 1.99. The van der Waals surface area contributed by atoms with Gasteiger partial charge in [-0.3, -0.25) is 4.90 Å². The predicted octanol–water partition coefficient (Wildman–Crippen LogP) is 4.55. The average Bonchev–Trinajstić information content (AvgIpc) is 2.57. The van der Waals surface area contributed by atoms with Crippen molar-refractivity contribution in [2.24, 2.45) is 0 Å². The molecule has 0 saturated heterocycles. The van der Waals surface area contributed by atoms with E-state index in [9.17, 15) is 0 Å². The summed E-state index contributed by atoms with van der Waals surface area (Å²) in [6, 6.07) is 17.4. The van der Waals surface area contributed by atoms with Crippen LogP contribution < -0.4 is 9.47 Å². The Morgan fingerprint density at radius 1 is 1.00 bits per heavy atom. The highest BCUT2D eigenvalue weighted by Crippen LogP contribution is 2.24. The van der Waals surface area contributed by atoms with E-state index in [0.717, 1.165) is 30.1 Å². The fourth-order valence-electron chi connectivity index (χ4n) is 2.23. The third-order valence-corrected chi connectivity index (χ3v) is 3.44. The Morgan fingerprint density at radius 2 is 1.61 bits per heavy atom. The minimum atomic E-state index is -0.0167. The molecule has 1 atom stereocenters. The second kappa shape index (κ2) is 8.87. The first-order valence-corrected chi connectivity index (χ1v) is 7.86. The van der Waals surface area contributed by atoms with Gasteiger partial charge in [0.05, 0.1) is 6.54 Å². The van der Waals surface area contributed by atoms with Gasteiger partial charge in [0.15, 0.2) is 6.23 Å². The number of nitrogens with zero attached hydrogens (tertiary/aromatic N) is 1. The molecule has 3 heteroatoms. The lowest BCUT2D eigenvalue weighted by Crippen LogP contribution is -2.36. The number of terminal acetylenes is 1. The van der Waals surface area contributed by atoms with Crippen LogP contribution >= 0.6 is 0 Å². The molecule has 0 heterocycles. The molecule has 0 aromatic heterocycles. The monoisotopic (exact) mass is 309 g/mol. The minimum Gasteiger partial charge on any atom is -0.475 e. The van der Waals surface area contributed by atoms with Gasteiger partial charge in [-0.1, -0.05) is 37.5 Å². The Labute approximate surface area is 138 Å². The molecule has 2 aromatic rings. The van der Waals surface area contributed by atoms with Gasteiger partial charge in [-0.2, -0.15) is 0 Å². The highest BCUT2D eigenvalue weighted by atomic mass is 16.5. The summed E-state index contributed by atoms with van der Waals surface area (Å²) in [7, 11) is 1.98. The molecule has 0 spiro atoms. The molecule has 0 amide bonds. The molecule has 1 unspecified atom stereocenters. The van der Waals surface area contributed by atoms with E-state index in [1.807, 2.05) is 66.5 Å². The summed E-state index contributed by atoms with van der Waals surface area (Å²) < 4.78 is 11.8. The first-order chi connectivity index (χ1) is 11.2. The van der Waals surface area contributed by atoms with E-state index in [4.69, 9.17) is 15.9 Å². The maximum atomic E-state index is 6.05. The molecule has 0 N–H and O–H groups in total. The van der Waals surface area contributed by atoms with Crippen molar-refractivity contribution < 1.29 is 9.47 Å². The molecule has 3 nitrogen and oxygen atoms in total. The number of ether oxygens (including phenoxy) is 2. The first-order valence-electron chi connectivity index (χ1n) is 7.86. The van der Waals surface area contributed by atoms with Crippen molar-refractivity contribution in [1.29, 1.82) is 0 Å². The lowest BCUT2D eigenvalue weighted by molar-refractivity contribution is 0.0470. The topological polar surface area (TPSA) is 21.7 Å². The van der Waals surface area contributed by atoms with Crippen LogP contribution in [0.5, 0.6) is 17.2 Å². The highest BCUT2D eigenvalue weighted by Gasteiger charge is 2.14. The van der Waals surface area contributed by atoms with E-state index < -0.39 is 0 Å². The molecule has 0 fully saturated rings. The number of benzene rings is 2. The zero-order valence-corrected chi connectivity index (χ0v) is 13.7. The van der Waals surface area contributed by atoms with Gasteiger partial charge in [0.25, 0.3) is 0 Å². The van der Waals surface area contributed by atoms with E-state index in [1.54, 1.807) is 0 Å². The molecular weight excluding hydrogens is 286 g/mol.